The molecule has 0 unspecified atom stereocenters. The molecule has 0 aliphatic rings. The number of nitrogen functional groups attached to an aromatic ring is 1. The van der Waals surface area contributed by atoms with Crippen LogP contribution in [0.15, 0.2) is 40.9 Å². The molecule has 2 aromatic carbocycles. The number of ether oxygens (including phenoxy) is 1. The van der Waals surface area contributed by atoms with E-state index in [0.29, 0.717) is 5.69 Å². The maximum atomic E-state index is 13.3. The Morgan fingerprint density at radius 2 is 1.89 bits per heavy atom. The van der Waals surface area contributed by atoms with Crippen LogP contribution in [-0.2, 0) is 6.61 Å². The van der Waals surface area contributed by atoms with Gasteiger partial charge in [0.2, 0.25) is 0 Å². The Kier molecular flexibility index (Phi) is 3.81. The Morgan fingerprint density at radius 3 is 2.61 bits per heavy atom. The largest absolute Gasteiger partial charge is 0.486 e. The number of rotatable bonds is 3. The maximum absolute atomic E-state index is 13.3. The van der Waals surface area contributed by atoms with Gasteiger partial charge in [0, 0.05) is 21.8 Å². The Balaban J connectivity index is 2.13. The third-order valence-electron chi connectivity index (χ3n) is 2.35. The summed E-state index contributed by atoms with van der Waals surface area (Å²) < 4.78 is 32.2. The zero-order chi connectivity index (χ0) is 13.1. The van der Waals surface area contributed by atoms with Crippen LogP contribution in [0, 0.1) is 11.6 Å². The van der Waals surface area contributed by atoms with Gasteiger partial charge in [-0.2, -0.15) is 0 Å². The molecule has 0 saturated carbocycles. The van der Waals surface area contributed by atoms with E-state index >= 15 is 0 Å². The van der Waals surface area contributed by atoms with Gasteiger partial charge in [-0.3, -0.25) is 0 Å². The van der Waals surface area contributed by atoms with E-state index in [-0.39, 0.29) is 12.4 Å². The van der Waals surface area contributed by atoms with Crippen LogP contribution < -0.4 is 10.5 Å². The molecular formula is C13H10BrF2NO. The molecule has 0 aliphatic heterocycles. The maximum Gasteiger partial charge on any atom is 0.165 e. The third-order valence-corrected chi connectivity index (χ3v) is 3.09. The van der Waals surface area contributed by atoms with Crippen LogP contribution in [0.3, 0.4) is 0 Å². The van der Waals surface area contributed by atoms with Crippen molar-refractivity contribution < 1.29 is 13.5 Å². The molecule has 0 bridgehead atoms. The van der Waals surface area contributed by atoms with Crippen LogP contribution >= 0.6 is 15.9 Å². The highest BCUT2D eigenvalue weighted by Crippen LogP contribution is 2.23. The van der Waals surface area contributed by atoms with E-state index in [1.807, 2.05) is 0 Å². The van der Waals surface area contributed by atoms with Crippen LogP contribution in [-0.4, -0.2) is 0 Å². The molecule has 0 spiro atoms. The number of nitrogens with two attached hydrogens (primary N) is 1. The molecule has 18 heavy (non-hydrogen) atoms. The second-order valence-electron chi connectivity index (χ2n) is 3.71. The van der Waals surface area contributed by atoms with Gasteiger partial charge in [-0.05, 0) is 24.3 Å². The summed E-state index contributed by atoms with van der Waals surface area (Å²) >= 11 is 3.33. The summed E-state index contributed by atoms with van der Waals surface area (Å²) in [4.78, 5) is 0. The van der Waals surface area contributed by atoms with E-state index in [4.69, 9.17) is 10.5 Å². The van der Waals surface area contributed by atoms with Crippen molar-refractivity contribution in [3.05, 3.63) is 58.1 Å². The van der Waals surface area contributed by atoms with Crippen molar-refractivity contribution in [3.8, 4) is 5.75 Å². The first-order chi connectivity index (χ1) is 8.56. The van der Waals surface area contributed by atoms with Gasteiger partial charge in [0.1, 0.15) is 12.4 Å². The molecule has 0 amide bonds. The van der Waals surface area contributed by atoms with E-state index in [0.717, 1.165) is 28.2 Å². The van der Waals surface area contributed by atoms with Gasteiger partial charge in [-0.1, -0.05) is 22.0 Å². The van der Waals surface area contributed by atoms with E-state index in [9.17, 15) is 8.78 Å². The smallest absolute Gasteiger partial charge is 0.165 e. The minimum atomic E-state index is -0.594. The fraction of sp³-hybridized carbons (Fsp3) is 0.0769. The van der Waals surface area contributed by atoms with Crippen molar-refractivity contribution in [1.29, 1.82) is 0 Å². The quantitative estimate of drug-likeness (QED) is 0.873. The topological polar surface area (TPSA) is 35.2 Å². The predicted molar refractivity (Wildman–Crippen MR) is 69.2 cm³/mol. The summed E-state index contributed by atoms with van der Waals surface area (Å²) in [5, 5.41) is 0. The molecule has 0 radical (unpaired) electrons. The minimum Gasteiger partial charge on any atom is -0.486 e. The van der Waals surface area contributed by atoms with E-state index < -0.39 is 11.6 Å². The number of halogens is 3. The van der Waals surface area contributed by atoms with Gasteiger partial charge in [0.25, 0.3) is 0 Å². The predicted octanol–water partition coefficient (Wildman–Crippen LogP) is 3.89. The summed E-state index contributed by atoms with van der Waals surface area (Å²) in [5.74, 6) is -1.25. The van der Waals surface area contributed by atoms with E-state index in [1.165, 1.54) is 0 Å². The first-order valence-corrected chi connectivity index (χ1v) is 5.97. The number of benzene rings is 2. The van der Waals surface area contributed by atoms with Crippen LogP contribution in [0.25, 0.3) is 0 Å². The molecule has 94 valence electrons. The van der Waals surface area contributed by atoms with Crippen molar-refractivity contribution in [2.45, 2.75) is 6.61 Å². The normalized spacial score (nSPS) is 10.4. The number of hydrogen-bond donors (Lipinski definition) is 1. The van der Waals surface area contributed by atoms with Crippen molar-refractivity contribution >= 4 is 21.6 Å². The fourth-order valence-electron chi connectivity index (χ4n) is 1.42. The van der Waals surface area contributed by atoms with Gasteiger partial charge >= 0.3 is 0 Å². The lowest BCUT2D eigenvalue weighted by Crippen LogP contribution is -1.99. The molecule has 0 saturated heterocycles. The van der Waals surface area contributed by atoms with Gasteiger partial charge < -0.3 is 10.5 Å². The Labute approximate surface area is 112 Å². The highest BCUT2D eigenvalue weighted by molar-refractivity contribution is 9.10. The molecule has 0 atom stereocenters. The van der Waals surface area contributed by atoms with Crippen molar-refractivity contribution in [2.75, 3.05) is 5.73 Å². The molecule has 2 nitrogen and oxygen atoms in total. The van der Waals surface area contributed by atoms with Gasteiger partial charge in [-0.25, -0.2) is 8.78 Å². The second-order valence-corrected chi connectivity index (χ2v) is 4.57. The summed E-state index contributed by atoms with van der Waals surface area (Å²) in [6, 6.07) is 8.28. The van der Waals surface area contributed by atoms with Gasteiger partial charge in [-0.15, -0.1) is 0 Å². The van der Waals surface area contributed by atoms with E-state index in [2.05, 4.69) is 15.9 Å². The Bertz CT molecular complexity index is 575. The zero-order valence-corrected chi connectivity index (χ0v) is 10.9. The Hall–Kier alpha value is -1.62. The second kappa shape index (κ2) is 5.35. The van der Waals surface area contributed by atoms with Crippen molar-refractivity contribution in [1.82, 2.24) is 0 Å². The molecule has 2 N–H and O–H groups in total. The van der Waals surface area contributed by atoms with Crippen molar-refractivity contribution in [2.24, 2.45) is 0 Å². The summed E-state index contributed by atoms with van der Waals surface area (Å²) in [6.45, 7) is 0.126. The molecule has 5 heteroatoms. The first-order valence-electron chi connectivity index (χ1n) is 5.18. The molecule has 0 aliphatic carbocycles. The molecule has 0 heterocycles. The van der Waals surface area contributed by atoms with Crippen LogP contribution in [0.2, 0.25) is 0 Å². The first kappa shape index (κ1) is 12.8. The lowest BCUT2D eigenvalue weighted by atomic mass is 10.2. The summed E-state index contributed by atoms with van der Waals surface area (Å²) in [5.41, 5.74) is 7.01. The summed E-state index contributed by atoms with van der Waals surface area (Å²) in [6.07, 6.45) is 0. The van der Waals surface area contributed by atoms with Crippen LogP contribution in [0.4, 0.5) is 14.5 Å². The molecule has 0 fully saturated rings. The molecule has 2 rings (SSSR count). The fourth-order valence-corrected chi connectivity index (χ4v) is 1.93. The minimum absolute atomic E-state index is 0.112. The van der Waals surface area contributed by atoms with Gasteiger partial charge in [0.05, 0.1) is 0 Å². The van der Waals surface area contributed by atoms with Crippen LogP contribution in [0.5, 0.6) is 5.75 Å². The standard InChI is InChI=1S/C13H10BrF2NO/c14-11-6-10(17)3-1-8(11)7-18-13-5-9(15)2-4-12(13)16/h1-6H,7,17H2. The van der Waals surface area contributed by atoms with Gasteiger partial charge in [0.15, 0.2) is 11.6 Å². The molecular weight excluding hydrogens is 304 g/mol. The molecule has 2 aromatic rings. The highest BCUT2D eigenvalue weighted by Gasteiger charge is 2.07. The number of hydrogen-bond acceptors (Lipinski definition) is 2. The number of anilines is 1. The lowest BCUT2D eigenvalue weighted by molar-refractivity contribution is 0.288. The van der Waals surface area contributed by atoms with Crippen molar-refractivity contribution in [3.63, 3.8) is 0 Å². The summed E-state index contributed by atoms with van der Waals surface area (Å²) in [7, 11) is 0. The molecule has 0 aromatic heterocycles. The average molecular weight is 314 g/mol. The third kappa shape index (κ3) is 2.98. The highest BCUT2D eigenvalue weighted by atomic mass is 79.9. The average Bonchev–Trinajstić information content (AvgIpc) is 2.32. The SMILES string of the molecule is Nc1ccc(COc2cc(F)ccc2F)c(Br)c1. The lowest BCUT2D eigenvalue weighted by Gasteiger charge is -2.09. The van der Waals surface area contributed by atoms with E-state index in [1.54, 1.807) is 18.2 Å². The monoisotopic (exact) mass is 313 g/mol. The van der Waals surface area contributed by atoms with Crippen LogP contribution in [0.1, 0.15) is 5.56 Å². The zero-order valence-electron chi connectivity index (χ0n) is 9.29. The Morgan fingerprint density at radius 1 is 1.11 bits per heavy atom.